The van der Waals surface area contributed by atoms with Crippen molar-refractivity contribution < 1.29 is 12.6 Å². The van der Waals surface area contributed by atoms with E-state index in [2.05, 4.69) is 0 Å². The molecule has 1 atom stereocenters. The molecule has 1 aromatic carbocycles. The van der Waals surface area contributed by atoms with E-state index in [1.807, 2.05) is 30.3 Å². The molecule has 0 aromatic heterocycles. The molecule has 2 rings (SSSR count). The Labute approximate surface area is 94.8 Å². The first-order valence-electron chi connectivity index (χ1n) is 4.88. The topological polar surface area (TPSA) is 69.4 Å². The van der Waals surface area contributed by atoms with Crippen LogP contribution < -0.4 is 5.73 Å². The van der Waals surface area contributed by atoms with Crippen molar-refractivity contribution in [3.8, 4) is 0 Å². The minimum absolute atomic E-state index is 0.247. The fourth-order valence-corrected chi connectivity index (χ4v) is 3.00. The zero-order valence-electron chi connectivity index (χ0n) is 8.88. The van der Waals surface area contributed by atoms with E-state index < -0.39 is 15.7 Å². The molecular weight excluding hydrogens is 226 g/mol. The predicted molar refractivity (Wildman–Crippen MR) is 60.8 cm³/mol. The quantitative estimate of drug-likeness (QED) is 0.786. The molecule has 1 aromatic rings. The van der Waals surface area contributed by atoms with Crippen molar-refractivity contribution >= 4 is 10.1 Å². The SMILES string of the molecule is CC1(Cc2ccccc2)OS(=O)(=O)C=C1N. The molecule has 1 heterocycles. The van der Waals surface area contributed by atoms with Gasteiger partial charge < -0.3 is 5.73 Å². The summed E-state index contributed by atoms with van der Waals surface area (Å²) in [6.45, 7) is 1.68. The first kappa shape index (κ1) is 11.2. The molecule has 0 bridgehead atoms. The van der Waals surface area contributed by atoms with E-state index in [4.69, 9.17) is 9.92 Å². The zero-order chi connectivity index (χ0) is 11.8. The van der Waals surface area contributed by atoms with Gasteiger partial charge in [-0.25, -0.2) is 0 Å². The van der Waals surface area contributed by atoms with E-state index in [1.54, 1.807) is 6.92 Å². The minimum atomic E-state index is -3.61. The third kappa shape index (κ3) is 2.10. The molecule has 2 N–H and O–H groups in total. The molecule has 0 fully saturated rings. The predicted octanol–water partition coefficient (Wildman–Crippen LogP) is 1.15. The summed E-state index contributed by atoms with van der Waals surface area (Å²) >= 11 is 0. The van der Waals surface area contributed by atoms with Crippen LogP contribution in [-0.4, -0.2) is 14.0 Å². The molecule has 86 valence electrons. The van der Waals surface area contributed by atoms with Gasteiger partial charge in [-0.3, -0.25) is 4.18 Å². The third-order valence-corrected chi connectivity index (χ3v) is 3.71. The second kappa shape index (κ2) is 3.61. The van der Waals surface area contributed by atoms with Crippen molar-refractivity contribution in [3.63, 3.8) is 0 Å². The van der Waals surface area contributed by atoms with Gasteiger partial charge in [0.1, 0.15) is 5.60 Å². The van der Waals surface area contributed by atoms with Crippen LogP contribution in [0.2, 0.25) is 0 Å². The van der Waals surface area contributed by atoms with Gasteiger partial charge in [-0.15, -0.1) is 0 Å². The van der Waals surface area contributed by atoms with Crippen molar-refractivity contribution in [1.82, 2.24) is 0 Å². The van der Waals surface area contributed by atoms with Crippen LogP contribution in [0.15, 0.2) is 41.4 Å². The average molecular weight is 239 g/mol. The van der Waals surface area contributed by atoms with Gasteiger partial charge in [0, 0.05) is 6.42 Å². The fourth-order valence-electron chi connectivity index (χ4n) is 1.73. The highest BCUT2D eigenvalue weighted by atomic mass is 32.2. The molecule has 0 spiro atoms. The van der Waals surface area contributed by atoms with Crippen molar-refractivity contribution in [3.05, 3.63) is 47.0 Å². The molecule has 4 nitrogen and oxygen atoms in total. The molecule has 0 radical (unpaired) electrons. The van der Waals surface area contributed by atoms with Crippen LogP contribution >= 0.6 is 0 Å². The largest absolute Gasteiger partial charge is 0.399 e. The summed E-state index contributed by atoms with van der Waals surface area (Å²) in [5.41, 5.74) is 5.97. The first-order valence-corrected chi connectivity index (χ1v) is 6.36. The Morgan fingerprint density at radius 1 is 1.31 bits per heavy atom. The summed E-state index contributed by atoms with van der Waals surface area (Å²) in [5.74, 6) is 0. The van der Waals surface area contributed by atoms with Gasteiger partial charge in [0.05, 0.1) is 11.1 Å². The van der Waals surface area contributed by atoms with E-state index in [0.29, 0.717) is 6.42 Å². The number of hydrogen-bond acceptors (Lipinski definition) is 4. The third-order valence-electron chi connectivity index (χ3n) is 2.57. The lowest BCUT2D eigenvalue weighted by Gasteiger charge is -2.23. The Morgan fingerprint density at radius 2 is 1.94 bits per heavy atom. The zero-order valence-corrected chi connectivity index (χ0v) is 9.70. The first-order chi connectivity index (χ1) is 7.41. The lowest BCUT2D eigenvalue weighted by Crippen LogP contribution is -2.34. The van der Waals surface area contributed by atoms with Crippen LogP contribution in [-0.2, 0) is 20.7 Å². The van der Waals surface area contributed by atoms with Gasteiger partial charge in [0.25, 0.3) is 10.1 Å². The second-order valence-corrected chi connectivity index (χ2v) is 5.43. The molecule has 16 heavy (non-hydrogen) atoms. The van der Waals surface area contributed by atoms with Crippen LogP contribution in [0, 0.1) is 0 Å². The van der Waals surface area contributed by atoms with Crippen LogP contribution in [0.1, 0.15) is 12.5 Å². The smallest absolute Gasteiger partial charge is 0.292 e. The average Bonchev–Trinajstić information content (AvgIpc) is 2.36. The number of hydrogen-bond donors (Lipinski definition) is 1. The van der Waals surface area contributed by atoms with E-state index in [9.17, 15) is 8.42 Å². The molecule has 0 amide bonds. The normalized spacial score (nSPS) is 27.7. The van der Waals surface area contributed by atoms with Crippen LogP contribution in [0.4, 0.5) is 0 Å². The van der Waals surface area contributed by atoms with Gasteiger partial charge in [-0.2, -0.15) is 8.42 Å². The summed E-state index contributed by atoms with van der Waals surface area (Å²) in [4.78, 5) is 0. The summed E-state index contributed by atoms with van der Waals surface area (Å²) in [6, 6.07) is 9.50. The van der Waals surface area contributed by atoms with Gasteiger partial charge in [-0.1, -0.05) is 30.3 Å². The molecule has 0 saturated carbocycles. The highest BCUT2D eigenvalue weighted by Crippen LogP contribution is 2.31. The van der Waals surface area contributed by atoms with E-state index in [-0.39, 0.29) is 5.70 Å². The maximum absolute atomic E-state index is 11.3. The summed E-state index contributed by atoms with van der Waals surface area (Å²) in [5, 5.41) is 0.982. The highest BCUT2D eigenvalue weighted by Gasteiger charge is 2.40. The Balaban J connectivity index is 2.27. The van der Waals surface area contributed by atoms with Crippen LogP contribution in [0.25, 0.3) is 0 Å². The lowest BCUT2D eigenvalue weighted by molar-refractivity contribution is 0.148. The van der Waals surface area contributed by atoms with Crippen molar-refractivity contribution in [2.45, 2.75) is 18.9 Å². The number of benzene rings is 1. The molecule has 0 saturated heterocycles. The standard InChI is InChI=1S/C11H13NO3S/c1-11(7-9-5-3-2-4-6-9)10(12)8-16(13,14)15-11/h2-6,8H,7,12H2,1H3. The van der Waals surface area contributed by atoms with Crippen molar-refractivity contribution in [1.29, 1.82) is 0 Å². The highest BCUT2D eigenvalue weighted by molar-refractivity contribution is 7.90. The lowest BCUT2D eigenvalue weighted by atomic mass is 9.94. The molecule has 5 heteroatoms. The molecule has 1 aliphatic heterocycles. The maximum atomic E-state index is 11.3. The van der Waals surface area contributed by atoms with Crippen molar-refractivity contribution in [2.24, 2.45) is 5.73 Å². The number of rotatable bonds is 2. The van der Waals surface area contributed by atoms with Crippen LogP contribution in [0.3, 0.4) is 0 Å². The van der Waals surface area contributed by atoms with Gasteiger partial charge in [-0.05, 0) is 12.5 Å². The van der Waals surface area contributed by atoms with E-state index >= 15 is 0 Å². The van der Waals surface area contributed by atoms with Gasteiger partial charge >= 0.3 is 0 Å². The second-order valence-electron chi connectivity index (χ2n) is 4.04. The van der Waals surface area contributed by atoms with Crippen LogP contribution in [0.5, 0.6) is 0 Å². The molecular formula is C11H13NO3S. The Kier molecular flexibility index (Phi) is 2.52. The summed E-state index contributed by atoms with van der Waals surface area (Å²) in [7, 11) is -3.61. The van der Waals surface area contributed by atoms with Gasteiger partial charge in [0.2, 0.25) is 0 Å². The fraction of sp³-hybridized carbons (Fsp3) is 0.273. The summed E-state index contributed by atoms with van der Waals surface area (Å²) in [6.07, 6.45) is 0.440. The van der Waals surface area contributed by atoms with Gasteiger partial charge in [0.15, 0.2) is 0 Å². The van der Waals surface area contributed by atoms with E-state index in [0.717, 1.165) is 11.0 Å². The Morgan fingerprint density at radius 3 is 2.44 bits per heavy atom. The summed E-state index contributed by atoms with van der Waals surface area (Å²) < 4.78 is 27.5. The molecule has 1 unspecified atom stereocenters. The molecule has 0 aliphatic carbocycles. The maximum Gasteiger partial charge on any atom is 0.292 e. The number of nitrogens with two attached hydrogens (primary N) is 1. The Hall–Kier alpha value is -1.33. The minimum Gasteiger partial charge on any atom is -0.399 e. The van der Waals surface area contributed by atoms with Crippen molar-refractivity contribution in [2.75, 3.05) is 0 Å². The molecule has 1 aliphatic rings. The Bertz CT molecular complexity index is 521. The monoisotopic (exact) mass is 239 g/mol. The van der Waals surface area contributed by atoms with E-state index in [1.165, 1.54) is 0 Å².